The van der Waals surface area contributed by atoms with Gasteiger partial charge in [-0.15, -0.1) is 24.0 Å². The van der Waals surface area contributed by atoms with E-state index in [-0.39, 0.29) is 24.0 Å². The standard InChI is InChI=1S/C22H28N6O3.HI/c1-23-22(25-17-6-4-7-19(14-17)31-13-5-12-29-2)24-15-20-26-21(28-27-20)16-8-10-18(30-3)11-9-16;/h4,6-11,14H,5,12-13,15H2,1-3H3,(H2,23,24,25)(H,26,27,28);1H. The van der Waals surface area contributed by atoms with Gasteiger partial charge in [0.25, 0.3) is 0 Å². The first kappa shape index (κ1) is 25.4. The molecule has 3 N–H and O–H groups in total. The summed E-state index contributed by atoms with van der Waals surface area (Å²) in [7, 11) is 5.03. The lowest BCUT2D eigenvalue weighted by Crippen LogP contribution is -2.30. The lowest BCUT2D eigenvalue weighted by atomic mass is 10.2. The molecule has 3 aromatic rings. The van der Waals surface area contributed by atoms with Gasteiger partial charge in [-0.1, -0.05) is 6.07 Å². The molecule has 0 aliphatic heterocycles. The van der Waals surface area contributed by atoms with Gasteiger partial charge >= 0.3 is 0 Å². The number of hydrogen-bond donors (Lipinski definition) is 3. The zero-order valence-electron chi connectivity index (χ0n) is 18.4. The van der Waals surface area contributed by atoms with E-state index in [1.54, 1.807) is 21.3 Å². The molecule has 3 rings (SSSR count). The highest BCUT2D eigenvalue weighted by Crippen LogP contribution is 2.19. The van der Waals surface area contributed by atoms with Crippen molar-refractivity contribution < 1.29 is 14.2 Å². The van der Waals surface area contributed by atoms with E-state index in [1.807, 2.05) is 48.5 Å². The van der Waals surface area contributed by atoms with Gasteiger partial charge in [0, 0.05) is 44.5 Å². The van der Waals surface area contributed by atoms with Crippen molar-refractivity contribution in [2.24, 2.45) is 4.99 Å². The van der Waals surface area contributed by atoms with Gasteiger partial charge in [-0.25, -0.2) is 4.98 Å². The second kappa shape index (κ2) is 13.5. The van der Waals surface area contributed by atoms with Crippen molar-refractivity contribution in [3.63, 3.8) is 0 Å². The third kappa shape index (κ3) is 7.68. The minimum absolute atomic E-state index is 0. The summed E-state index contributed by atoms with van der Waals surface area (Å²) in [6, 6.07) is 15.3. The van der Waals surface area contributed by atoms with Crippen LogP contribution < -0.4 is 20.1 Å². The van der Waals surface area contributed by atoms with Crippen LogP contribution in [0.1, 0.15) is 12.2 Å². The van der Waals surface area contributed by atoms with Crippen LogP contribution in [0.3, 0.4) is 0 Å². The molecule has 10 heteroatoms. The van der Waals surface area contributed by atoms with Gasteiger partial charge < -0.3 is 24.8 Å². The minimum atomic E-state index is 0. The summed E-state index contributed by atoms with van der Waals surface area (Å²) in [6.07, 6.45) is 0.840. The predicted octanol–water partition coefficient (Wildman–Crippen LogP) is 3.70. The van der Waals surface area contributed by atoms with Gasteiger partial charge in [0.15, 0.2) is 11.8 Å². The molecule has 0 aliphatic carbocycles. The summed E-state index contributed by atoms with van der Waals surface area (Å²) in [5.41, 5.74) is 1.78. The number of aromatic amines is 1. The van der Waals surface area contributed by atoms with Gasteiger partial charge in [0.05, 0.1) is 20.3 Å². The van der Waals surface area contributed by atoms with Crippen LogP contribution in [0.5, 0.6) is 11.5 Å². The number of anilines is 1. The number of nitrogens with one attached hydrogen (secondary N) is 3. The maximum absolute atomic E-state index is 5.74. The number of nitrogens with zero attached hydrogens (tertiary/aromatic N) is 3. The fourth-order valence-corrected chi connectivity index (χ4v) is 2.78. The quantitative estimate of drug-likeness (QED) is 0.153. The van der Waals surface area contributed by atoms with Gasteiger partial charge in [0.2, 0.25) is 0 Å². The van der Waals surface area contributed by atoms with Crippen LogP contribution in [-0.4, -0.2) is 55.6 Å². The highest BCUT2D eigenvalue weighted by molar-refractivity contribution is 14.0. The van der Waals surface area contributed by atoms with Crippen LogP contribution in [0.15, 0.2) is 53.5 Å². The Morgan fingerprint density at radius 1 is 1.06 bits per heavy atom. The van der Waals surface area contributed by atoms with E-state index in [4.69, 9.17) is 14.2 Å². The van der Waals surface area contributed by atoms with Crippen molar-refractivity contribution in [2.45, 2.75) is 13.0 Å². The maximum atomic E-state index is 5.74. The Labute approximate surface area is 205 Å². The maximum Gasteiger partial charge on any atom is 0.195 e. The molecule has 0 saturated carbocycles. The topological polar surface area (TPSA) is 106 Å². The van der Waals surface area contributed by atoms with Crippen LogP contribution in [0, 0.1) is 0 Å². The SMILES string of the molecule is CN=C(NCc1nc(-c2ccc(OC)cc2)n[nH]1)Nc1cccc(OCCCOC)c1.I. The molecule has 1 heterocycles. The molecule has 0 unspecified atom stereocenters. The van der Waals surface area contributed by atoms with Crippen molar-refractivity contribution in [3.05, 3.63) is 54.4 Å². The zero-order valence-corrected chi connectivity index (χ0v) is 20.8. The number of halogens is 1. The molecule has 1 aromatic heterocycles. The molecule has 0 spiro atoms. The summed E-state index contributed by atoms with van der Waals surface area (Å²) in [5.74, 6) is 3.51. The number of benzene rings is 2. The molecule has 0 bridgehead atoms. The molecular weight excluding hydrogens is 523 g/mol. The largest absolute Gasteiger partial charge is 0.497 e. The Bertz CT molecular complexity index is 978. The molecule has 0 aliphatic rings. The fourth-order valence-electron chi connectivity index (χ4n) is 2.78. The lowest BCUT2D eigenvalue weighted by molar-refractivity contribution is 0.172. The second-order valence-corrected chi connectivity index (χ2v) is 6.61. The average molecular weight is 552 g/mol. The van der Waals surface area contributed by atoms with Crippen LogP contribution in [-0.2, 0) is 11.3 Å². The van der Waals surface area contributed by atoms with Crippen LogP contribution in [0.25, 0.3) is 11.4 Å². The van der Waals surface area contributed by atoms with E-state index in [0.717, 1.165) is 29.2 Å². The Morgan fingerprint density at radius 3 is 2.59 bits per heavy atom. The third-order valence-corrected chi connectivity index (χ3v) is 4.39. The van der Waals surface area contributed by atoms with Crippen LogP contribution in [0.2, 0.25) is 0 Å². The van der Waals surface area contributed by atoms with E-state index in [1.165, 1.54) is 0 Å². The molecule has 0 atom stereocenters. The van der Waals surface area contributed by atoms with E-state index < -0.39 is 0 Å². The van der Waals surface area contributed by atoms with E-state index >= 15 is 0 Å². The number of hydrogen-bond acceptors (Lipinski definition) is 6. The summed E-state index contributed by atoms with van der Waals surface area (Å²) >= 11 is 0. The van der Waals surface area contributed by atoms with E-state index in [0.29, 0.717) is 37.4 Å². The lowest BCUT2D eigenvalue weighted by Gasteiger charge is -2.12. The molecule has 0 radical (unpaired) electrons. The molecule has 9 nitrogen and oxygen atoms in total. The first-order chi connectivity index (χ1) is 15.2. The van der Waals surface area contributed by atoms with Gasteiger partial charge in [0.1, 0.15) is 17.3 Å². The number of aliphatic imine (C=N–C) groups is 1. The molecule has 0 fully saturated rings. The first-order valence-electron chi connectivity index (χ1n) is 9.97. The van der Waals surface area contributed by atoms with Gasteiger partial charge in [-0.3, -0.25) is 10.1 Å². The van der Waals surface area contributed by atoms with Crippen LogP contribution >= 0.6 is 24.0 Å². The number of ether oxygens (including phenoxy) is 3. The molecule has 0 amide bonds. The highest BCUT2D eigenvalue weighted by atomic mass is 127. The predicted molar refractivity (Wildman–Crippen MR) is 136 cm³/mol. The van der Waals surface area contributed by atoms with Crippen molar-refractivity contribution in [1.82, 2.24) is 20.5 Å². The Balaban J connectivity index is 0.00000363. The second-order valence-electron chi connectivity index (χ2n) is 6.61. The summed E-state index contributed by atoms with van der Waals surface area (Å²) < 4.78 is 16.0. The summed E-state index contributed by atoms with van der Waals surface area (Å²) in [4.78, 5) is 8.79. The number of H-pyrrole nitrogens is 1. The summed E-state index contributed by atoms with van der Waals surface area (Å²) in [5, 5.41) is 13.7. The molecular formula is C22H29IN6O3. The Hall–Kier alpha value is -2.86. The van der Waals surface area contributed by atoms with E-state index in [9.17, 15) is 0 Å². The Kier molecular flexibility index (Phi) is 10.7. The number of aromatic nitrogens is 3. The normalized spacial score (nSPS) is 10.9. The van der Waals surface area contributed by atoms with Gasteiger partial charge in [-0.05, 0) is 36.4 Å². The fraction of sp³-hybridized carbons (Fsp3) is 0.318. The van der Waals surface area contributed by atoms with E-state index in [2.05, 4.69) is 30.8 Å². The van der Waals surface area contributed by atoms with Gasteiger partial charge in [-0.2, -0.15) is 5.10 Å². The van der Waals surface area contributed by atoms with Crippen molar-refractivity contribution in [1.29, 1.82) is 0 Å². The third-order valence-electron chi connectivity index (χ3n) is 4.39. The minimum Gasteiger partial charge on any atom is -0.497 e. The number of guanidine groups is 1. The van der Waals surface area contributed by atoms with Crippen molar-refractivity contribution in [3.8, 4) is 22.9 Å². The summed E-state index contributed by atoms with van der Waals surface area (Å²) in [6.45, 7) is 1.72. The van der Waals surface area contributed by atoms with Crippen LogP contribution in [0.4, 0.5) is 5.69 Å². The molecule has 172 valence electrons. The van der Waals surface area contributed by atoms with Crippen molar-refractivity contribution in [2.75, 3.05) is 39.8 Å². The molecule has 2 aromatic carbocycles. The zero-order chi connectivity index (χ0) is 21.9. The number of methoxy groups -OCH3 is 2. The Morgan fingerprint density at radius 2 is 1.88 bits per heavy atom. The highest BCUT2D eigenvalue weighted by Gasteiger charge is 2.08. The average Bonchev–Trinajstić information content (AvgIpc) is 3.29. The number of rotatable bonds is 10. The first-order valence-corrected chi connectivity index (χ1v) is 9.97. The molecule has 0 saturated heterocycles. The smallest absolute Gasteiger partial charge is 0.195 e. The van der Waals surface area contributed by atoms with Crippen molar-refractivity contribution >= 4 is 35.6 Å². The molecule has 32 heavy (non-hydrogen) atoms. The monoisotopic (exact) mass is 552 g/mol.